The van der Waals surface area contributed by atoms with Gasteiger partial charge >= 0.3 is 0 Å². The number of rotatable bonds is 4. The summed E-state index contributed by atoms with van der Waals surface area (Å²) in [4.78, 5) is 0.319. The van der Waals surface area contributed by atoms with Crippen molar-refractivity contribution in [2.75, 3.05) is 0 Å². The lowest BCUT2D eigenvalue weighted by Crippen LogP contribution is -2.24. The summed E-state index contributed by atoms with van der Waals surface area (Å²) in [6.45, 7) is 5.82. The van der Waals surface area contributed by atoms with E-state index in [0.717, 1.165) is 22.4 Å². The van der Waals surface area contributed by atoms with Crippen LogP contribution in [0.3, 0.4) is 0 Å². The van der Waals surface area contributed by atoms with Gasteiger partial charge in [0.05, 0.1) is 11.1 Å². The highest BCUT2D eigenvalue weighted by molar-refractivity contribution is 7.89. The minimum absolute atomic E-state index is 0.234. The van der Waals surface area contributed by atoms with Crippen LogP contribution in [-0.2, 0) is 16.6 Å². The summed E-state index contributed by atoms with van der Waals surface area (Å²) in [6.07, 6.45) is 1.62. The number of aromatic amines is 1. The Hall–Kier alpha value is -1.66. The number of aryl methyl sites for hydroxylation is 3. The van der Waals surface area contributed by atoms with E-state index in [4.69, 9.17) is 0 Å². The smallest absolute Gasteiger partial charge is 0.241 e. The first-order chi connectivity index (χ1) is 8.90. The number of aromatic nitrogens is 2. The second kappa shape index (κ2) is 5.14. The predicted octanol–water partition coefficient (Wildman–Crippen LogP) is 1.81. The van der Waals surface area contributed by atoms with Crippen molar-refractivity contribution in [1.82, 2.24) is 14.9 Å². The first kappa shape index (κ1) is 13.8. The van der Waals surface area contributed by atoms with Gasteiger partial charge in [-0.25, -0.2) is 13.1 Å². The average Bonchev–Trinajstić information content (AvgIpc) is 2.72. The number of sulfonamides is 1. The maximum Gasteiger partial charge on any atom is 0.241 e. The van der Waals surface area contributed by atoms with Crippen LogP contribution in [0, 0.1) is 20.8 Å². The van der Waals surface area contributed by atoms with Crippen LogP contribution in [0.5, 0.6) is 0 Å². The van der Waals surface area contributed by atoms with Gasteiger partial charge in [0, 0.05) is 17.8 Å². The molecule has 0 bridgehead atoms. The van der Waals surface area contributed by atoms with Crippen LogP contribution in [-0.4, -0.2) is 18.6 Å². The van der Waals surface area contributed by atoms with Gasteiger partial charge in [0.25, 0.3) is 0 Å². The highest BCUT2D eigenvalue weighted by Gasteiger charge is 2.16. The Kier molecular flexibility index (Phi) is 3.73. The number of hydrogen-bond acceptors (Lipinski definition) is 3. The normalized spacial score (nSPS) is 11.7. The van der Waals surface area contributed by atoms with E-state index in [1.54, 1.807) is 25.3 Å². The zero-order chi connectivity index (χ0) is 14.0. The summed E-state index contributed by atoms with van der Waals surface area (Å²) < 4.78 is 27.0. The monoisotopic (exact) mass is 279 g/mol. The molecule has 5 nitrogen and oxygen atoms in total. The Labute approximate surface area is 113 Å². The Balaban J connectivity index is 2.21. The highest BCUT2D eigenvalue weighted by atomic mass is 32.2. The summed E-state index contributed by atoms with van der Waals surface area (Å²) in [5.41, 5.74) is 3.50. The van der Waals surface area contributed by atoms with Gasteiger partial charge < -0.3 is 0 Å². The molecular formula is C13H17N3O2S. The fourth-order valence-electron chi connectivity index (χ4n) is 1.91. The molecule has 2 rings (SSSR count). The number of nitrogens with zero attached hydrogens (tertiary/aromatic N) is 1. The third-order valence-electron chi connectivity index (χ3n) is 3.01. The molecule has 0 amide bonds. The van der Waals surface area contributed by atoms with Gasteiger partial charge in [0.1, 0.15) is 0 Å². The average molecular weight is 279 g/mol. The molecule has 2 N–H and O–H groups in total. The molecule has 0 radical (unpaired) electrons. The Morgan fingerprint density at radius 3 is 2.58 bits per heavy atom. The first-order valence-electron chi connectivity index (χ1n) is 5.96. The van der Waals surface area contributed by atoms with Crippen LogP contribution < -0.4 is 4.72 Å². The van der Waals surface area contributed by atoms with E-state index in [9.17, 15) is 8.42 Å². The van der Waals surface area contributed by atoms with Crippen molar-refractivity contribution in [3.8, 4) is 0 Å². The fourth-order valence-corrected chi connectivity index (χ4v) is 3.14. The molecule has 1 aromatic carbocycles. The van der Waals surface area contributed by atoms with Crippen molar-refractivity contribution in [3.05, 3.63) is 46.8 Å². The molecule has 102 valence electrons. The van der Waals surface area contributed by atoms with E-state index >= 15 is 0 Å². The largest absolute Gasteiger partial charge is 0.283 e. The molecule has 0 saturated heterocycles. The Bertz CT molecular complexity index is 690. The van der Waals surface area contributed by atoms with Gasteiger partial charge in [-0.2, -0.15) is 5.10 Å². The zero-order valence-corrected chi connectivity index (χ0v) is 12.0. The molecule has 1 heterocycles. The molecule has 0 spiro atoms. The lowest BCUT2D eigenvalue weighted by atomic mass is 10.2. The van der Waals surface area contributed by atoms with Crippen molar-refractivity contribution in [1.29, 1.82) is 0 Å². The number of H-pyrrole nitrogens is 1. The molecule has 2 aromatic rings. The van der Waals surface area contributed by atoms with Crippen LogP contribution in [0.1, 0.15) is 22.4 Å². The summed E-state index contributed by atoms with van der Waals surface area (Å²) >= 11 is 0. The molecule has 1 aromatic heterocycles. The summed E-state index contributed by atoms with van der Waals surface area (Å²) in [5, 5.41) is 6.64. The molecule has 0 aliphatic rings. The summed E-state index contributed by atoms with van der Waals surface area (Å²) in [7, 11) is -3.49. The molecule has 0 aliphatic carbocycles. The topological polar surface area (TPSA) is 74.8 Å². The van der Waals surface area contributed by atoms with Crippen molar-refractivity contribution in [2.45, 2.75) is 32.2 Å². The number of benzene rings is 1. The van der Waals surface area contributed by atoms with Gasteiger partial charge in [0.15, 0.2) is 0 Å². The molecule has 0 saturated carbocycles. The van der Waals surface area contributed by atoms with E-state index in [2.05, 4.69) is 14.9 Å². The van der Waals surface area contributed by atoms with Gasteiger partial charge in [-0.3, -0.25) is 5.10 Å². The molecule has 0 aliphatic heterocycles. The minimum Gasteiger partial charge on any atom is -0.283 e. The Morgan fingerprint density at radius 1 is 1.26 bits per heavy atom. The maximum atomic E-state index is 12.2. The van der Waals surface area contributed by atoms with Crippen molar-refractivity contribution in [2.24, 2.45) is 0 Å². The number of hydrogen-bond donors (Lipinski definition) is 2. The van der Waals surface area contributed by atoms with Gasteiger partial charge in [-0.05, 0) is 32.4 Å². The molecule has 0 fully saturated rings. The fraction of sp³-hybridized carbons (Fsp3) is 0.308. The van der Waals surface area contributed by atoms with Gasteiger partial charge in [0.2, 0.25) is 10.0 Å². The lowest BCUT2D eigenvalue weighted by Gasteiger charge is -2.09. The third kappa shape index (κ3) is 3.02. The van der Waals surface area contributed by atoms with E-state index in [1.807, 2.05) is 19.9 Å². The second-order valence-corrected chi connectivity index (χ2v) is 6.35. The van der Waals surface area contributed by atoms with E-state index in [-0.39, 0.29) is 6.54 Å². The molecule has 19 heavy (non-hydrogen) atoms. The SMILES string of the molecule is Cc1ccc(S(=O)(=O)NCc2cn[nH]c2C)c(C)c1. The molecule has 6 heteroatoms. The summed E-state index contributed by atoms with van der Waals surface area (Å²) in [6, 6.07) is 5.29. The molecule has 0 atom stereocenters. The third-order valence-corrected chi connectivity index (χ3v) is 4.57. The highest BCUT2D eigenvalue weighted by Crippen LogP contribution is 2.16. The quantitative estimate of drug-likeness (QED) is 0.896. The first-order valence-corrected chi connectivity index (χ1v) is 7.44. The van der Waals surface area contributed by atoms with E-state index < -0.39 is 10.0 Å². The minimum atomic E-state index is -3.49. The van der Waals surface area contributed by atoms with Crippen LogP contribution in [0.15, 0.2) is 29.3 Å². The lowest BCUT2D eigenvalue weighted by molar-refractivity contribution is 0.580. The molecular weight excluding hydrogens is 262 g/mol. The van der Waals surface area contributed by atoms with Crippen LogP contribution >= 0.6 is 0 Å². The van der Waals surface area contributed by atoms with Crippen molar-refractivity contribution >= 4 is 10.0 Å². The van der Waals surface area contributed by atoms with Crippen molar-refractivity contribution in [3.63, 3.8) is 0 Å². The zero-order valence-electron chi connectivity index (χ0n) is 11.2. The van der Waals surface area contributed by atoms with Crippen molar-refractivity contribution < 1.29 is 8.42 Å². The maximum absolute atomic E-state index is 12.2. The van der Waals surface area contributed by atoms with Gasteiger partial charge in [-0.1, -0.05) is 17.7 Å². The number of nitrogens with one attached hydrogen (secondary N) is 2. The van der Waals surface area contributed by atoms with Crippen LogP contribution in [0.25, 0.3) is 0 Å². The predicted molar refractivity (Wildman–Crippen MR) is 73.3 cm³/mol. The van der Waals surface area contributed by atoms with E-state index in [0.29, 0.717) is 4.90 Å². The second-order valence-electron chi connectivity index (χ2n) is 4.61. The van der Waals surface area contributed by atoms with Gasteiger partial charge in [-0.15, -0.1) is 0 Å². The van der Waals surface area contributed by atoms with Crippen LogP contribution in [0.2, 0.25) is 0 Å². The van der Waals surface area contributed by atoms with E-state index in [1.165, 1.54) is 0 Å². The standard InChI is InChI=1S/C13H17N3O2S/c1-9-4-5-13(10(2)6-9)19(17,18)15-8-12-7-14-16-11(12)3/h4-7,15H,8H2,1-3H3,(H,14,16). The van der Waals surface area contributed by atoms with Crippen LogP contribution in [0.4, 0.5) is 0 Å². The summed E-state index contributed by atoms with van der Waals surface area (Å²) in [5.74, 6) is 0. The molecule has 0 unspecified atom stereocenters. The Morgan fingerprint density at radius 2 is 2.00 bits per heavy atom.